The van der Waals surface area contributed by atoms with Crippen molar-refractivity contribution in [1.29, 1.82) is 0 Å². The minimum Gasteiger partial charge on any atom is -0.870 e. The van der Waals surface area contributed by atoms with Crippen molar-refractivity contribution in [2.45, 2.75) is 183 Å². The van der Waals surface area contributed by atoms with E-state index in [1.807, 2.05) is 38.1 Å². The Kier molecular flexibility index (Phi) is 45.8. The number of nitrogens with zero attached hydrogens (tertiary/aromatic N) is 11. The van der Waals surface area contributed by atoms with Crippen LogP contribution in [0.3, 0.4) is 0 Å². The average Bonchev–Trinajstić information content (AvgIpc) is 1.53. The van der Waals surface area contributed by atoms with Crippen LogP contribution in [0, 0.1) is 24.7 Å². The fourth-order valence-corrected chi connectivity index (χ4v) is 16.8. The zero-order chi connectivity index (χ0) is 105. The molecule has 6 aromatic heterocycles. The van der Waals surface area contributed by atoms with Gasteiger partial charge in [-0.2, -0.15) is 20.4 Å². The number of fused-ring (bicyclic) bond motifs is 6. The summed E-state index contributed by atoms with van der Waals surface area (Å²) in [7, 11) is 0. The smallest absolute Gasteiger partial charge is 0.870 e. The topological polar surface area (TPSA) is 562 Å². The Balaban J connectivity index is 0.000000251. The molecular weight excluding hydrogens is 1990 g/mol. The monoisotopic (exact) mass is 2110 g/mol. The van der Waals surface area contributed by atoms with E-state index in [1.165, 1.54) is 72.4 Å². The van der Waals surface area contributed by atoms with Gasteiger partial charge in [0.2, 0.25) is 17.7 Å². The molecule has 766 valence electrons. The van der Waals surface area contributed by atoms with E-state index < -0.39 is 18.0 Å². The first-order valence-corrected chi connectivity index (χ1v) is 48.0. The molecule has 0 spiro atoms. The third kappa shape index (κ3) is 33.3. The number of piperidine rings is 2. The number of Topliss-reactive ketones (excluding diaryl/α,β-unsaturated/α-hetero) is 6. The Bertz CT molecular complexity index is 6350. The van der Waals surface area contributed by atoms with Crippen LogP contribution in [0.15, 0.2) is 182 Å². The van der Waals surface area contributed by atoms with Gasteiger partial charge in [-0.1, -0.05) is 48.6 Å². The number of rotatable bonds is 43. The van der Waals surface area contributed by atoms with E-state index in [2.05, 4.69) is 150 Å². The molecule has 2 aliphatic heterocycles. The van der Waals surface area contributed by atoms with Crippen molar-refractivity contribution in [3.8, 4) is 0 Å². The molecule has 6 atom stereocenters. The molecule has 8 heterocycles. The predicted octanol–water partition coefficient (Wildman–Crippen LogP) is 12.0. The van der Waals surface area contributed by atoms with Crippen LogP contribution in [0.2, 0.25) is 0 Å². The summed E-state index contributed by atoms with van der Waals surface area (Å²) in [5.74, 6) is -2.90. The number of hydrogen-bond donors (Lipinski definition) is 12. The Morgan fingerprint density at radius 1 is 0.462 bits per heavy atom. The van der Waals surface area contributed by atoms with Crippen molar-refractivity contribution < 1.29 is 111 Å². The van der Waals surface area contributed by atoms with Crippen LogP contribution in [0.25, 0.3) is 43.6 Å². The summed E-state index contributed by atoms with van der Waals surface area (Å²) >= 11 is 6.68. The van der Waals surface area contributed by atoms with E-state index in [0.717, 1.165) is 81.9 Å². The summed E-state index contributed by atoms with van der Waals surface area (Å²) < 4.78 is 18.2. The van der Waals surface area contributed by atoms with E-state index in [-0.39, 0.29) is 167 Å². The van der Waals surface area contributed by atoms with Gasteiger partial charge in [0.05, 0.1) is 73.2 Å². The van der Waals surface area contributed by atoms with Gasteiger partial charge < -0.3 is 83.6 Å². The largest absolute Gasteiger partial charge is 1.00 e. The molecule has 10 aromatic rings. The number of ether oxygens (including phenoxy) is 2. The maximum Gasteiger partial charge on any atom is 1.00 e. The fourth-order valence-electron chi connectivity index (χ4n) is 16.2. The molecule has 2 saturated carbocycles. The number of nitrogens with two attached hydrogens (primary N) is 1. The number of anilines is 5. The maximum atomic E-state index is 14.1. The molecule has 4 aromatic carbocycles. The first kappa shape index (κ1) is 118. The number of ketones is 6. The molecule has 0 bridgehead atoms. The van der Waals surface area contributed by atoms with Crippen molar-refractivity contribution in [2.24, 2.45) is 16.6 Å². The van der Waals surface area contributed by atoms with Crippen LogP contribution >= 0.6 is 31.9 Å². The van der Waals surface area contributed by atoms with Gasteiger partial charge in [-0.15, -0.1) is 39.5 Å². The minimum absolute atomic E-state index is 0. The van der Waals surface area contributed by atoms with E-state index in [9.17, 15) is 67.1 Å². The Labute approximate surface area is 867 Å². The molecular formula is C102H124Br2LiN21O19. The number of carboxylic acid groups (broad SMARTS) is 2. The summed E-state index contributed by atoms with van der Waals surface area (Å²) in [5, 5.41) is 62.9. The van der Waals surface area contributed by atoms with E-state index in [0.29, 0.717) is 152 Å². The van der Waals surface area contributed by atoms with Crippen molar-refractivity contribution in [2.75, 3.05) is 79.2 Å². The van der Waals surface area contributed by atoms with Gasteiger partial charge in [0.1, 0.15) is 62.7 Å². The summed E-state index contributed by atoms with van der Waals surface area (Å²) in [6.45, 7) is 37.9. The molecule has 2 aliphatic carbocycles. The number of benzene rings is 4. The zero-order valence-corrected chi connectivity index (χ0v) is 86.0. The number of aryl methyl sites for hydroxylation is 2. The number of unbranched alkanes of at least 4 members (excludes halogenated alkanes) is 4. The van der Waals surface area contributed by atoms with Crippen molar-refractivity contribution in [3.63, 3.8) is 0 Å². The normalized spacial score (nSPS) is 16.0. The van der Waals surface area contributed by atoms with Gasteiger partial charge >= 0.3 is 48.9 Å². The van der Waals surface area contributed by atoms with Crippen molar-refractivity contribution in [3.05, 3.63) is 222 Å². The molecule has 40 nitrogen and oxygen atoms in total. The second kappa shape index (κ2) is 56.3. The Morgan fingerprint density at radius 2 is 0.834 bits per heavy atom. The Hall–Kier alpha value is -14.0. The fraction of sp³-hybridized carbons (Fsp3) is 0.373. The summed E-state index contributed by atoms with van der Waals surface area (Å²) in [5.41, 5.74) is 11.4. The SMILES string of the molecule is C=CCCCN.C=CCCCNC(=O)Nc1ccc2c(C(C)=O)nn(CC(=O)N3[C@H](C(=O)Nc4nc(Br)ccc4C)C[C@@]4(COCC=C)C[C@@H]34)c2c1.C=CCCCNC(=O)Nc1ccc2c(C(C)=O)nn(CC(=O)O)c2c1.C=CCCCNC(=O)Nc1ccc2c(C(C)=O)nn(CC(C)=O)c2c1.C=CCOC[C@@]12C[C@@H](C(=O)Nc3nc(Br)ccc3C)N[C@@H]1C2.CC(=O)Cn1nc(C(C)=O)c2ccc(C(=O)O)cc21.[Li+].[OH-]. The van der Waals surface area contributed by atoms with E-state index >= 15 is 0 Å². The van der Waals surface area contributed by atoms with Gasteiger partial charge in [-0.3, -0.25) is 66.7 Å². The number of pyridine rings is 2. The number of carboxylic acids is 2. The van der Waals surface area contributed by atoms with Crippen LogP contribution in [0.1, 0.15) is 182 Å². The number of nitrogens with one attached hydrogen (secondary N) is 9. The number of aromatic carboxylic acids is 1. The molecule has 14 N–H and O–H groups in total. The average molecular weight is 2110 g/mol. The minimum atomic E-state index is -1.07. The predicted molar refractivity (Wildman–Crippen MR) is 556 cm³/mol. The van der Waals surface area contributed by atoms with Crippen molar-refractivity contribution in [1.82, 2.24) is 75.3 Å². The molecule has 0 unspecified atom stereocenters. The van der Waals surface area contributed by atoms with Gasteiger partial charge in [0, 0.05) is 109 Å². The quantitative estimate of drug-likeness (QED) is 0.00555. The summed E-state index contributed by atoms with van der Waals surface area (Å²) in [6.07, 6.45) is 20.7. The number of carbonyl (C=O) groups excluding carboxylic acids is 12. The Morgan fingerprint density at radius 3 is 1.20 bits per heavy atom. The van der Waals surface area contributed by atoms with E-state index in [1.54, 1.807) is 102 Å². The first-order valence-electron chi connectivity index (χ1n) is 46.4. The van der Waals surface area contributed by atoms with Crippen LogP contribution < -0.4 is 72.4 Å². The van der Waals surface area contributed by atoms with Crippen LogP contribution in [0.4, 0.5) is 43.1 Å². The van der Waals surface area contributed by atoms with Crippen LogP contribution in [-0.2, 0) is 64.4 Å². The van der Waals surface area contributed by atoms with Gasteiger partial charge in [-0.05, 0) is 239 Å². The second-order valence-corrected chi connectivity index (χ2v) is 36.4. The molecule has 0 radical (unpaired) electrons. The number of aromatic nitrogens is 10. The van der Waals surface area contributed by atoms with Crippen LogP contribution in [0.5, 0.6) is 0 Å². The maximum absolute atomic E-state index is 14.1. The molecule has 43 heteroatoms. The van der Waals surface area contributed by atoms with Crippen molar-refractivity contribution >= 4 is 187 Å². The van der Waals surface area contributed by atoms with Crippen LogP contribution in [-0.4, -0.2) is 229 Å². The number of aliphatic carboxylic acids is 1. The standard InChI is InChI=1S/C33H38BrN7O5.C18H22N4O3.C17H20N4O4.C16H20BrN3O2.C13H12N2O4.C5H11N.Li.H2O/c1-5-7-8-13-35-32(45)36-22-10-11-23-24(15-22)40(39-29(23)21(4)42)18-28(43)41-25(16-33(17-26(33)41)19-46-14-6-2)31(44)38-30-20(3)9-12-27(34)37-30;1-4-5-6-9-19-18(25)20-14-7-8-15-16(10-14)22(11-12(2)23)21-17(15)13(3)24;1-3-4-5-8-18-17(25)19-12-6-7-13-14(9-12)21(10-15(23)24)20-16(13)11(2)22;1-3-6-22-9-16-7-11(18-12(16)8-16)15(21)20-14-10(2)4-5-13(17)19-14;1-7(16)6-15-11-5-9(13(18)19)3-4-10(11)12(14-15)8(2)17;1-2-3-4-5-6;;/h5-6,9-12,15,25-26H,1-2,7-8,13-14,16-19H2,3-4H3,(H2,35,36,45)(H,37,38,44);4,7-8,10H,1,5-6,9,11H2,2-3H3,(H2,19,20,25);3,6-7,9H,1,4-5,8,10H2,2H3,(H,23,24)(H2,18,19,25);3-5,11-12,18H,1,6-9H2,2H3,(H,19,20,21);3-5H,6H2,1-2H3,(H,18,19);2H,1,3-6H2;;1H2/q;;;;;;+1;/p-1/t25-,26+,33-;;;11-,12+,16-;;;;/m0..0..../s1. The summed E-state index contributed by atoms with van der Waals surface area (Å²) in [4.78, 5) is 179. The third-order valence-electron chi connectivity index (χ3n) is 23.3. The van der Waals surface area contributed by atoms with E-state index in [4.69, 9.17) is 25.4 Å². The number of likely N-dealkylation sites (tertiary alicyclic amines) is 1. The van der Waals surface area contributed by atoms with Gasteiger partial charge in [0.15, 0.2) is 34.7 Å². The molecule has 14 rings (SSSR count). The second-order valence-electron chi connectivity index (χ2n) is 34.8. The first-order chi connectivity index (χ1) is 68.2. The summed E-state index contributed by atoms with van der Waals surface area (Å²) in [6, 6.07) is 25.1. The van der Waals surface area contributed by atoms with Gasteiger partial charge in [-0.25, -0.2) is 29.1 Å². The number of hydrogen-bond acceptors (Lipinski definition) is 25. The molecule has 9 amide bonds. The number of allylic oxidation sites excluding steroid dienone is 4. The molecule has 4 aliphatic rings. The zero-order valence-electron chi connectivity index (χ0n) is 82.9. The molecule has 4 fully saturated rings. The number of carbonyl (C=O) groups is 14. The van der Waals surface area contributed by atoms with Gasteiger partial charge in [0.25, 0.3) is 0 Å². The number of halogens is 2. The molecule has 145 heavy (non-hydrogen) atoms. The molecule has 2 saturated heterocycles. The number of amides is 9. The third-order valence-corrected chi connectivity index (χ3v) is 24.2. The number of urea groups is 3.